The Labute approximate surface area is 91.9 Å². The first-order valence-corrected chi connectivity index (χ1v) is 5.72. The normalized spacial score (nSPS) is 10.7. The lowest BCUT2D eigenvalue weighted by molar-refractivity contribution is -0.116. The fraction of sp³-hybridized carbons (Fsp3) is 0.273. The highest BCUT2D eigenvalue weighted by Gasteiger charge is 2.05. The summed E-state index contributed by atoms with van der Waals surface area (Å²) < 4.78 is 5.49. The second kappa shape index (κ2) is 4.49. The molecule has 0 atom stereocenters. The highest BCUT2D eigenvalue weighted by Crippen LogP contribution is 2.23. The van der Waals surface area contributed by atoms with E-state index in [0.29, 0.717) is 11.6 Å². The molecule has 0 bridgehead atoms. The first-order chi connectivity index (χ1) is 7.25. The summed E-state index contributed by atoms with van der Waals surface area (Å²) >= 11 is 1.48. The van der Waals surface area contributed by atoms with E-state index in [1.807, 2.05) is 24.3 Å². The third kappa shape index (κ3) is 2.59. The third-order valence-electron chi connectivity index (χ3n) is 1.95. The number of aromatic nitrogens is 1. The van der Waals surface area contributed by atoms with Crippen molar-refractivity contribution in [1.29, 1.82) is 0 Å². The molecule has 2 rings (SSSR count). The van der Waals surface area contributed by atoms with Gasteiger partial charge >= 0.3 is 0 Å². The monoisotopic (exact) mass is 221 g/mol. The molecule has 4 heteroatoms. The summed E-state index contributed by atoms with van der Waals surface area (Å²) in [6, 6.07) is 7.64. The van der Waals surface area contributed by atoms with Gasteiger partial charge in [-0.05, 0) is 19.1 Å². The van der Waals surface area contributed by atoms with E-state index in [1.165, 1.54) is 11.8 Å². The first-order valence-electron chi connectivity index (χ1n) is 4.73. The van der Waals surface area contributed by atoms with Crippen LogP contribution < -0.4 is 0 Å². The predicted octanol–water partition coefficient (Wildman–Crippen LogP) is 2.90. The van der Waals surface area contributed by atoms with E-state index in [-0.39, 0.29) is 5.78 Å². The molecule has 3 nitrogen and oxygen atoms in total. The van der Waals surface area contributed by atoms with E-state index in [4.69, 9.17) is 4.42 Å². The predicted molar refractivity (Wildman–Crippen MR) is 60.0 cm³/mol. The lowest BCUT2D eigenvalue weighted by Crippen LogP contribution is -1.91. The van der Waals surface area contributed by atoms with Gasteiger partial charge in [-0.25, -0.2) is 4.98 Å². The maximum Gasteiger partial charge on any atom is 0.256 e. The molecule has 0 fully saturated rings. The van der Waals surface area contributed by atoms with Crippen molar-refractivity contribution in [2.45, 2.75) is 18.6 Å². The Morgan fingerprint density at radius 2 is 2.27 bits per heavy atom. The number of benzene rings is 1. The minimum atomic E-state index is 0.193. The number of carbonyl (C=O) groups is 1. The van der Waals surface area contributed by atoms with Gasteiger partial charge in [0, 0.05) is 12.2 Å². The average Bonchev–Trinajstić information content (AvgIpc) is 2.59. The number of ketones is 1. The van der Waals surface area contributed by atoms with Gasteiger partial charge in [-0.2, -0.15) is 0 Å². The zero-order valence-corrected chi connectivity index (χ0v) is 9.21. The van der Waals surface area contributed by atoms with Gasteiger partial charge in [-0.15, -0.1) is 0 Å². The SMILES string of the molecule is CC(=O)CCSc1nc2ccccc2o1. The molecule has 1 aromatic carbocycles. The van der Waals surface area contributed by atoms with Crippen LogP contribution in [0, 0.1) is 0 Å². The number of fused-ring (bicyclic) bond motifs is 1. The van der Waals surface area contributed by atoms with Gasteiger partial charge in [-0.1, -0.05) is 23.9 Å². The Kier molecular flexibility index (Phi) is 3.06. The smallest absolute Gasteiger partial charge is 0.256 e. The highest BCUT2D eigenvalue weighted by atomic mass is 32.2. The summed E-state index contributed by atoms with van der Waals surface area (Å²) in [4.78, 5) is 15.0. The van der Waals surface area contributed by atoms with Crippen LogP contribution in [0.4, 0.5) is 0 Å². The van der Waals surface area contributed by atoms with Gasteiger partial charge in [0.05, 0.1) is 0 Å². The fourth-order valence-corrected chi connectivity index (χ4v) is 2.07. The van der Waals surface area contributed by atoms with Gasteiger partial charge in [0.25, 0.3) is 5.22 Å². The van der Waals surface area contributed by atoms with Crippen LogP contribution >= 0.6 is 11.8 Å². The van der Waals surface area contributed by atoms with Gasteiger partial charge in [-0.3, -0.25) is 4.79 Å². The number of hydrogen-bond acceptors (Lipinski definition) is 4. The van der Waals surface area contributed by atoms with E-state index < -0.39 is 0 Å². The summed E-state index contributed by atoms with van der Waals surface area (Å²) in [5.41, 5.74) is 1.66. The molecule has 0 N–H and O–H groups in total. The van der Waals surface area contributed by atoms with Gasteiger partial charge in [0.1, 0.15) is 11.3 Å². The number of para-hydroxylation sites is 2. The minimum Gasteiger partial charge on any atom is -0.431 e. The molecular formula is C11H11NO2S. The molecule has 0 radical (unpaired) electrons. The zero-order chi connectivity index (χ0) is 10.7. The molecule has 0 aliphatic heterocycles. The van der Waals surface area contributed by atoms with Crippen molar-refractivity contribution in [3.8, 4) is 0 Å². The molecule has 0 saturated carbocycles. The molecule has 1 aromatic heterocycles. The van der Waals surface area contributed by atoms with Crippen LogP contribution in [-0.2, 0) is 4.79 Å². The van der Waals surface area contributed by atoms with E-state index in [2.05, 4.69) is 4.98 Å². The lowest BCUT2D eigenvalue weighted by Gasteiger charge is -1.91. The second-order valence-corrected chi connectivity index (χ2v) is 4.29. The number of nitrogens with zero attached hydrogens (tertiary/aromatic N) is 1. The maximum absolute atomic E-state index is 10.7. The Hall–Kier alpha value is -1.29. The van der Waals surface area contributed by atoms with Crippen molar-refractivity contribution >= 4 is 28.6 Å². The molecule has 78 valence electrons. The Bertz CT molecular complexity index is 445. The summed E-state index contributed by atoms with van der Waals surface area (Å²) in [6.07, 6.45) is 0.559. The van der Waals surface area contributed by atoms with Crippen LogP contribution in [0.1, 0.15) is 13.3 Å². The van der Waals surface area contributed by atoms with Crippen LogP contribution in [0.25, 0.3) is 11.1 Å². The van der Waals surface area contributed by atoms with Crippen LogP contribution in [0.5, 0.6) is 0 Å². The maximum atomic E-state index is 10.7. The quantitative estimate of drug-likeness (QED) is 0.744. The summed E-state index contributed by atoms with van der Waals surface area (Å²) in [6.45, 7) is 1.59. The fourth-order valence-electron chi connectivity index (χ4n) is 1.19. The van der Waals surface area contributed by atoms with Crippen molar-refractivity contribution in [2.75, 3.05) is 5.75 Å². The average molecular weight is 221 g/mol. The molecule has 0 spiro atoms. The van der Waals surface area contributed by atoms with Gasteiger partial charge < -0.3 is 4.42 Å². The molecule has 2 aromatic rings. The summed E-state index contributed by atoms with van der Waals surface area (Å²) in [5.74, 6) is 0.918. The number of Topliss-reactive ketones (excluding diaryl/α,β-unsaturated/α-hetero) is 1. The largest absolute Gasteiger partial charge is 0.431 e. The van der Waals surface area contributed by atoms with Crippen LogP contribution in [-0.4, -0.2) is 16.5 Å². The van der Waals surface area contributed by atoms with Crippen molar-refractivity contribution in [3.63, 3.8) is 0 Å². The van der Waals surface area contributed by atoms with E-state index in [0.717, 1.165) is 16.9 Å². The topological polar surface area (TPSA) is 43.1 Å². The Morgan fingerprint density at radius 1 is 1.47 bits per heavy atom. The minimum absolute atomic E-state index is 0.193. The molecule has 0 amide bonds. The lowest BCUT2D eigenvalue weighted by atomic mass is 10.3. The number of rotatable bonds is 4. The van der Waals surface area contributed by atoms with Crippen molar-refractivity contribution in [2.24, 2.45) is 0 Å². The van der Waals surface area contributed by atoms with Crippen LogP contribution in [0.3, 0.4) is 0 Å². The van der Waals surface area contributed by atoms with E-state index in [1.54, 1.807) is 6.92 Å². The molecule has 15 heavy (non-hydrogen) atoms. The molecule has 0 saturated heterocycles. The van der Waals surface area contributed by atoms with Crippen LogP contribution in [0.2, 0.25) is 0 Å². The Morgan fingerprint density at radius 3 is 3.00 bits per heavy atom. The molecule has 0 unspecified atom stereocenters. The Balaban J connectivity index is 2.05. The van der Waals surface area contributed by atoms with E-state index >= 15 is 0 Å². The van der Waals surface area contributed by atoms with Crippen molar-refractivity contribution in [3.05, 3.63) is 24.3 Å². The molecule has 1 heterocycles. The van der Waals surface area contributed by atoms with Gasteiger partial charge in [0.2, 0.25) is 0 Å². The molecule has 0 aliphatic carbocycles. The second-order valence-electron chi connectivity index (χ2n) is 3.25. The van der Waals surface area contributed by atoms with Crippen LogP contribution in [0.15, 0.2) is 33.9 Å². The van der Waals surface area contributed by atoms with E-state index in [9.17, 15) is 4.79 Å². The summed E-state index contributed by atoms with van der Waals surface area (Å²) in [5, 5.41) is 0.637. The number of oxazole rings is 1. The summed E-state index contributed by atoms with van der Waals surface area (Å²) in [7, 11) is 0. The van der Waals surface area contributed by atoms with Crippen molar-refractivity contribution in [1.82, 2.24) is 4.98 Å². The highest BCUT2D eigenvalue weighted by molar-refractivity contribution is 7.99. The number of hydrogen-bond donors (Lipinski definition) is 0. The first kappa shape index (κ1) is 10.2. The molecule has 0 aliphatic rings. The standard InChI is InChI=1S/C11H11NO2S/c1-8(13)6-7-15-11-12-9-4-2-3-5-10(9)14-11/h2-5H,6-7H2,1H3. The molecular weight excluding hydrogens is 210 g/mol. The third-order valence-corrected chi connectivity index (χ3v) is 2.78. The van der Waals surface area contributed by atoms with Gasteiger partial charge in [0.15, 0.2) is 5.58 Å². The number of carbonyl (C=O) groups excluding carboxylic acids is 1. The van der Waals surface area contributed by atoms with Crippen molar-refractivity contribution < 1.29 is 9.21 Å². The zero-order valence-electron chi connectivity index (χ0n) is 8.40. The number of thioether (sulfide) groups is 1.